The predicted octanol–water partition coefficient (Wildman–Crippen LogP) is 3.40. The minimum absolute atomic E-state index is 0.0656. The van der Waals surface area contributed by atoms with Gasteiger partial charge in [-0.15, -0.1) is 0 Å². The van der Waals surface area contributed by atoms with Crippen LogP contribution in [0.1, 0.15) is 10.4 Å². The minimum atomic E-state index is -0.0656. The Labute approximate surface area is 157 Å². The lowest BCUT2D eigenvalue weighted by atomic mass is 10.0. The summed E-state index contributed by atoms with van der Waals surface area (Å²) < 4.78 is 2.00. The maximum absolute atomic E-state index is 12.0. The summed E-state index contributed by atoms with van der Waals surface area (Å²) in [5, 5.41) is 1.08. The van der Waals surface area contributed by atoms with Crippen LogP contribution in [0.4, 0.5) is 0 Å². The molecule has 0 aliphatic carbocycles. The average molecular weight is 357 g/mol. The van der Waals surface area contributed by atoms with Crippen LogP contribution in [0.5, 0.6) is 0 Å². The van der Waals surface area contributed by atoms with Crippen molar-refractivity contribution in [3.63, 3.8) is 0 Å². The second kappa shape index (κ2) is 6.64. The van der Waals surface area contributed by atoms with Crippen LogP contribution in [0, 0.1) is 0 Å². The highest BCUT2D eigenvalue weighted by Gasteiger charge is 2.11. The summed E-state index contributed by atoms with van der Waals surface area (Å²) in [6.07, 6.45) is 9.04. The normalized spacial score (nSPS) is 10.9. The van der Waals surface area contributed by atoms with Crippen LogP contribution in [-0.2, 0) is 7.05 Å². The van der Waals surface area contributed by atoms with E-state index in [2.05, 4.69) is 27.1 Å². The number of aromatic nitrogens is 4. The molecule has 0 atom stereocenters. The highest BCUT2D eigenvalue weighted by atomic mass is 16.2. The van der Waals surface area contributed by atoms with Crippen molar-refractivity contribution in [1.82, 2.24) is 24.4 Å². The van der Waals surface area contributed by atoms with E-state index in [4.69, 9.17) is 0 Å². The molecule has 0 spiro atoms. The molecule has 27 heavy (non-hydrogen) atoms. The van der Waals surface area contributed by atoms with Gasteiger partial charge in [-0.3, -0.25) is 14.8 Å². The van der Waals surface area contributed by atoms with Crippen molar-refractivity contribution < 1.29 is 4.79 Å². The van der Waals surface area contributed by atoms with Crippen molar-refractivity contribution >= 4 is 16.9 Å². The molecule has 0 fully saturated rings. The van der Waals surface area contributed by atoms with Gasteiger partial charge >= 0.3 is 0 Å². The molecule has 0 radical (unpaired) electrons. The summed E-state index contributed by atoms with van der Waals surface area (Å²) >= 11 is 0. The number of hydrogen-bond donors (Lipinski definition) is 0. The zero-order valence-electron chi connectivity index (χ0n) is 15.4. The lowest BCUT2D eigenvalue weighted by molar-refractivity contribution is 0.0827. The van der Waals surface area contributed by atoms with E-state index in [1.165, 1.54) is 4.90 Å². The van der Waals surface area contributed by atoms with E-state index >= 15 is 0 Å². The summed E-state index contributed by atoms with van der Waals surface area (Å²) in [6, 6.07) is 9.76. The number of hydrogen-bond acceptors (Lipinski definition) is 4. The summed E-state index contributed by atoms with van der Waals surface area (Å²) in [4.78, 5) is 26.8. The number of rotatable bonds is 3. The number of pyridine rings is 3. The van der Waals surface area contributed by atoms with E-state index in [1.54, 1.807) is 32.6 Å². The Kier molecular flexibility index (Phi) is 4.16. The number of amides is 1. The summed E-state index contributed by atoms with van der Waals surface area (Å²) in [6.45, 7) is 0. The maximum Gasteiger partial charge on any atom is 0.254 e. The molecule has 6 nitrogen and oxygen atoms in total. The first-order valence-corrected chi connectivity index (χ1v) is 8.58. The van der Waals surface area contributed by atoms with E-state index in [0.29, 0.717) is 5.56 Å². The highest BCUT2D eigenvalue weighted by Crippen LogP contribution is 2.29. The van der Waals surface area contributed by atoms with Crippen molar-refractivity contribution in [2.24, 2.45) is 7.05 Å². The van der Waals surface area contributed by atoms with Crippen molar-refractivity contribution in [3.8, 4) is 22.4 Å². The van der Waals surface area contributed by atoms with Crippen LogP contribution < -0.4 is 0 Å². The van der Waals surface area contributed by atoms with E-state index in [0.717, 1.165) is 33.4 Å². The number of carbonyl (C=O) groups is 1. The Morgan fingerprint density at radius 2 is 1.81 bits per heavy atom. The molecule has 0 N–H and O–H groups in total. The quantitative estimate of drug-likeness (QED) is 0.564. The van der Waals surface area contributed by atoms with Gasteiger partial charge in [-0.25, -0.2) is 4.98 Å². The molecule has 4 aromatic rings. The van der Waals surface area contributed by atoms with Gasteiger partial charge in [0.2, 0.25) is 0 Å². The molecule has 0 aromatic carbocycles. The van der Waals surface area contributed by atoms with Crippen LogP contribution in [0.2, 0.25) is 0 Å². The van der Waals surface area contributed by atoms with Crippen LogP contribution >= 0.6 is 0 Å². The van der Waals surface area contributed by atoms with Crippen molar-refractivity contribution in [2.75, 3.05) is 14.1 Å². The minimum Gasteiger partial charge on any atom is -0.345 e. The highest BCUT2D eigenvalue weighted by molar-refractivity contribution is 5.94. The van der Waals surface area contributed by atoms with Crippen LogP contribution in [-0.4, -0.2) is 44.4 Å². The molecule has 0 unspecified atom stereocenters. The molecular weight excluding hydrogens is 338 g/mol. The fraction of sp³-hybridized carbons (Fsp3) is 0.143. The number of aryl methyl sites for hydroxylation is 1. The number of nitrogens with zero attached hydrogens (tertiary/aromatic N) is 5. The van der Waals surface area contributed by atoms with Gasteiger partial charge < -0.3 is 9.47 Å². The topological polar surface area (TPSA) is 63.9 Å². The first-order chi connectivity index (χ1) is 13.0. The van der Waals surface area contributed by atoms with Crippen molar-refractivity contribution in [2.45, 2.75) is 0 Å². The Hall–Kier alpha value is -3.54. The second-order valence-electron chi connectivity index (χ2n) is 6.62. The number of carbonyl (C=O) groups excluding carboxylic acids is 1. The van der Waals surface area contributed by atoms with Crippen LogP contribution in [0.15, 0.2) is 61.3 Å². The Morgan fingerprint density at radius 3 is 2.56 bits per heavy atom. The third-order valence-electron chi connectivity index (χ3n) is 4.53. The number of fused-ring (bicyclic) bond motifs is 1. The van der Waals surface area contributed by atoms with Gasteiger partial charge in [0.1, 0.15) is 5.65 Å². The smallest absolute Gasteiger partial charge is 0.254 e. The van der Waals surface area contributed by atoms with E-state index in [1.807, 2.05) is 42.3 Å². The monoisotopic (exact) mass is 357 g/mol. The molecule has 0 bridgehead atoms. The molecule has 134 valence electrons. The van der Waals surface area contributed by atoms with Crippen LogP contribution in [0.25, 0.3) is 33.4 Å². The Balaban J connectivity index is 1.73. The Morgan fingerprint density at radius 1 is 1.00 bits per heavy atom. The third-order valence-corrected chi connectivity index (χ3v) is 4.53. The molecule has 6 heteroatoms. The molecule has 0 saturated heterocycles. The van der Waals surface area contributed by atoms with Gasteiger partial charge in [-0.2, -0.15) is 0 Å². The van der Waals surface area contributed by atoms with Gasteiger partial charge in [-0.1, -0.05) is 0 Å². The van der Waals surface area contributed by atoms with Gasteiger partial charge in [0, 0.05) is 68.6 Å². The molecular formula is C21H19N5O. The van der Waals surface area contributed by atoms with Gasteiger partial charge in [0.05, 0.1) is 11.3 Å². The third kappa shape index (κ3) is 3.06. The standard InChI is InChI=1S/C21H19N5O/c1-25(2)21(27)14-4-5-19(24-13-14)16-10-15(11-22-12-16)17-6-8-23-20-18(17)7-9-26(20)3/h4-13H,1-3H3. The van der Waals surface area contributed by atoms with E-state index in [-0.39, 0.29) is 5.91 Å². The van der Waals surface area contributed by atoms with Gasteiger partial charge in [0.25, 0.3) is 5.91 Å². The molecule has 1 amide bonds. The lowest BCUT2D eigenvalue weighted by Crippen LogP contribution is -2.21. The summed E-state index contributed by atoms with van der Waals surface area (Å²) in [5.74, 6) is -0.0656. The molecule has 4 heterocycles. The zero-order chi connectivity index (χ0) is 19.0. The molecule has 0 aliphatic rings. The largest absolute Gasteiger partial charge is 0.345 e. The Bertz CT molecular complexity index is 1130. The summed E-state index contributed by atoms with van der Waals surface area (Å²) in [5.41, 5.74) is 5.25. The van der Waals surface area contributed by atoms with E-state index < -0.39 is 0 Å². The first-order valence-electron chi connectivity index (χ1n) is 8.58. The van der Waals surface area contributed by atoms with Gasteiger partial charge in [-0.05, 0) is 35.9 Å². The van der Waals surface area contributed by atoms with E-state index in [9.17, 15) is 4.79 Å². The van der Waals surface area contributed by atoms with Gasteiger partial charge in [0.15, 0.2) is 0 Å². The predicted molar refractivity (Wildman–Crippen MR) is 105 cm³/mol. The average Bonchev–Trinajstić information content (AvgIpc) is 3.09. The summed E-state index contributed by atoms with van der Waals surface area (Å²) in [7, 11) is 5.43. The fourth-order valence-electron chi connectivity index (χ4n) is 3.09. The van der Waals surface area contributed by atoms with Crippen LogP contribution in [0.3, 0.4) is 0 Å². The molecule has 0 aliphatic heterocycles. The first kappa shape index (κ1) is 16.9. The van der Waals surface area contributed by atoms with Crippen molar-refractivity contribution in [1.29, 1.82) is 0 Å². The SMILES string of the molecule is CN(C)C(=O)c1ccc(-c2cncc(-c3ccnc4c3ccn4C)c2)nc1. The lowest BCUT2D eigenvalue weighted by Gasteiger charge is -2.10. The molecule has 4 rings (SSSR count). The maximum atomic E-state index is 12.0. The zero-order valence-corrected chi connectivity index (χ0v) is 15.4. The molecule has 4 aromatic heterocycles. The fourth-order valence-corrected chi connectivity index (χ4v) is 3.09. The van der Waals surface area contributed by atoms with Crippen molar-refractivity contribution in [3.05, 3.63) is 66.9 Å². The molecule has 0 saturated carbocycles. The second-order valence-corrected chi connectivity index (χ2v) is 6.62.